The zero-order valence-corrected chi connectivity index (χ0v) is 10.3. The number of amidine groups is 1. The summed E-state index contributed by atoms with van der Waals surface area (Å²) in [6, 6.07) is 5.65. The zero-order chi connectivity index (χ0) is 12.0. The lowest BCUT2D eigenvalue weighted by atomic mass is 10.2. The first-order valence-electron chi connectivity index (χ1n) is 5.11. The molecule has 0 heterocycles. The number of nitrogens with two attached hydrogens (primary N) is 1. The summed E-state index contributed by atoms with van der Waals surface area (Å²) in [6.45, 7) is 4.50. The molecule has 88 valence electrons. The van der Waals surface area contributed by atoms with E-state index in [2.05, 4.69) is 5.16 Å². The van der Waals surface area contributed by atoms with Crippen LogP contribution < -0.4 is 10.5 Å². The van der Waals surface area contributed by atoms with Gasteiger partial charge >= 0.3 is 0 Å². The summed E-state index contributed by atoms with van der Waals surface area (Å²) in [4.78, 5) is 0.962. The molecule has 0 unspecified atom stereocenters. The molecule has 5 heteroatoms. The van der Waals surface area contributed by atoms with Crippen molar-refractivity contribution in [1.82, 2.24) is 0 Å². The summed E-state index contributed by atoms with van der Waals surface area (Å²) in [5.41, 5.74) is 6.33. The van der Waals surface area contributed by atoms with Crippen molar-refractivity contribution < 1.29 is 9.94 Å². The van der Waals surface area contributed by atoms with E-state index in [0.717, 1.165) is 10.6 Å². The van der Waals surface area contributed by atoms with E-state index in [1.54, 1.807) is 11.8 Å². The van der Waals surface area contributed by atoms with Crippen LogP contribution in [0.4, 0.5) is 0 Å². The third-order valence-corrected chi connectivity index (χ3v) is 2.89. The highest BCUT2D eigenvalue weighted by molar-refractivity contribution is 7.99. The fourth-order valence-corrected chi connectivity index (χ4v) is 2.20. The molecule has 0 radical (unpaired) electrons. The van der Waals surface area contributed by atoms with Crippen molar-refractivity contribution in [3.63, 3.8) is 0 Å². The highest BCUT2D eigenvalue weighted by atomic mass is 32.2. The van der Waals surface area contributed by atoms with Crippen LogP contribution in [-0.4, -0.2) is 23.4 Å². The van der Waals surface area contributed by atoms with Crippen LogP contribution in [0, 0.1) is 0 Å². The molecule has 0 saturated carbocycles. The monoisotopic (exact) mass is 240 g/mol. The smallest absolute Gasteiger partial charge is 0.174 e. The second-order valence-electron chi connectivity index (χ2n) is 2.98. The fourth-order valence-electron chi connectivity index (χ4n) is 1.37. The molecule has 0 bridgehead atoms. The van der Waals surface area contributed by atoms with Gasteiger partial charge in [-0.05, 0) is 24.8 Å². The van der Waals surface area contributed by atoms with Gasteiger partial charge in [-0.2, -0.15) is 0 Å². The Labute approximate surface area is 99.5 Å². The van der Waals surface area contributed by atoms with Crippen molar-refractivity contribution in [2.75, 3.05) is 12.4 Å². The van der Waals surface area contributed by atoms with Crippen molar-refractivity contribution in [2.45, 2.75) is 18.7 Å². The molecule has 0 aromatic heterocycles. The van der Waals surface area contributed by atoms with Crippen molar-refractivity contribution in [3.05, 3.63) is 23.8 Å². The Hall–Kier alpha value is -1.36. The number of hydrogen-bond acceptors (Lipinski definition) is 4. The van der Waals surface area contributed by atoms with E-state index in [4.69, 9.17) is 15.7 Å². The maximum absolute atomic E-state index is 8.77. The van der Waals surface area contributed by atoms with E-state index in [1.807, 2.05) is 32.0 Å². The highest BCUT2D eigenvalue weighted by Crippen LogP contribution is 2.29. The summed E-state index contributed by atoms with van der Waals surface area (Å²) < 4.78 is 5.46. The summed E-state index contributed by atoms with van der Waals surface area (Å²) in [5, 5.41) is 11.8. The molecule has 3 N–H and O–H groups in total. The SMILES string of the molecule is CCOc1cccc(SCC)c1/C(N)=N/O. The molecule has 1 aromatic carbocycles. The van der Waals surface area contributed by atoms with Gasteiger partial charge in [0.05, 0.1) is 12.2 Å². The summed E-state index contributed by atoms with van der Waals surface area (Å²) >= 11 is 1.63. The first kappa shape index (κ1) is 12.7. The summed E-state index contributed by atoms with van der Waals surface area (Å²) in [7, 11) is 0. The Kier molecular flexibility index (Phi) is 4.98. The van der Waals surface area contributed by atoms with Crippen LogP contribution in [0.25, 0.3) is 0 Å². The molecule has 16 heavy (non-hydrogen) atoms. The number of benzene rings is 1. The number of ether oxygens (including phenoxy) is 1. The second kappa shape index (κ2) is 6.27. The van der Waals surface area contributed by atoms with Crippen molar-refractivity contribution >= 4 is 17.6 Å². The Bertz CT molecular complexity index is 356. The van der Waals surface area contributed by atoms with Gasteiger partial charge in [-0.3, -0.25) is 0 Å². The topological polar surface area (TPSA) is 67.8 Å². The standard InChI is InChI=1S/C11H16N2O2S/c1-3-15-8-6-5-7-9(16-4-2)10(8)11(12)13-14/h5-7,14H,3-4H2,1-2H3,(H2,12,13). The van der Waals surface area contributed by atoms with E-state index in [9.17, 15) is 0 Å². The molecule has 0 aliphatic carbocycles. The molecule has 4 nitrogen and oxygen atoms in total. The van der Waals surface area contributed by atoms with Crippen LogP contribution in [0.2, 0.25) is 0 Å². The lowest BCUT2D eigenvalue weighted by Gasteiger charge is -2.12. The normalized spacial score (nSPS) is 11.5. The van der Waals surface area contributed by atoms with Gasteiger partial charge in [0.25, 0.3) is 0 Å². The molecule has 0 spiro atoms. The number of oxime groups is 1. The van der Waals surface area contributed by atoms with Gasteiger partial charge in [0.1, 0.15) is 5.75 Å². The molecular weight excluding hydrogens is 224 g/mol. The first-order chi connectivity index (χ1) is 7.74. The summed E-state index contributed by atoms with van der Waals surface area (Å²) in [6.07, 6.45) is 0. The van der Waals surface area contributed by atoms with Gasteiger partial charge in [-0.15, -0.1) is 11.8 Å². The van der Waals surface area contributed by atoms with E-state index in [-0.39, 0.29) is 5.84 Å². The average molecular weight is 240 g/mol. The molecule has 0 atom stereocenters. The van der Waals surface area contributed by atoms with Gasteiger partial charge in [0, 0.05) is 4.90 Å². The molecular formula is C11H16N2O2S. The maximum Gasteiger partial charge on any atom is 0.174 e. The minimum atomic E-state index is 0.0833. The van der Waals surface area contributed by atoms with Crippen LogP contribution in [0.1, 0.15) is 19.4 Å². The van der Waals surface area contributed by atoms with Crippen molar-refractivity contribution in [1.29, 1.82) is 0 Å². The van der Waals surface area contributed by atoms with E-state index in [0.29, 0.717) is 17.9 Å². The van der Waals surface area contributed by atoms with Crippen molar-refractivity contribution in [3.8, 4) is 5.75 Å². The molecule has 0 fully saturated rings. The third kappa shape index (κ3) is 2.82. The zero-order valence-electron chi connectivity index (χ0n) is 9.43. The minimum Gasteiger partial charge on any atom is -0.493 e. The Balaban J connectivity index is 3.23. The molecule has 0 saturated heterocycles. The Morgan fingerprint density at radius 1 is 1.50 bits per heavy atom. The fraction of sp³-hybridized carbons (Fsp3) is 0.364. The van der Waals surface area contributed by atoms with Crippen LogP contribution in [0.3, 0.4) is 0 Å². The third-order valence-electron chi connectivity index (χ3n) is 1.95. The van der Waals surface area contributed by atoms with Crippen LogP contribution in [-0.2, 0) is 0 Å². The van der Waals surface area contributed by atoms with Gasteiger partial charge in [0.2, 0.25) is 0 Å². The summed E-state index contributed by atoms with van der Waals surface area (Å²) in [5.74, 6) is 1.65. The molecule has 0 aliphatic rings. The molecule has 0 amide bonds. The van der Waals surface area contributed by atoms with Gasteiger partial charge in [0.15, 0.2) is 5.84 Å². The quantitative estimate of drug-likeness (QED) is 0.272. The lowest BCUT2D eigenvalue weighted by Crippen LogP contribution is -2.16. The molecule has 0 aliphatic heterocycles. The number of nitrogens with zero attached hydrogens (tertiary/aromatic N) is 1. The van der Waals surface area contributed by atoms with Gasteiger partial charge < -0.3 is 15.7 Å². The first-order valence-corrected chi connectivity index (χ1v) is 6.09. The predicted octanol–water partition coefficient (Wildman–Crippen LogP) is 2.29. The van der Waals surface area contributed by atoms with Gasteiger partial charge in [-0.1, -0.05) is 18.1 Å². The lowest BCUT2D eigenvalue weighted by molar-refractivity contribution is 0.316. The number of hydrogen-bond donors (Lipinski definition) is 2. The largest absolute Gasteiger partial charge is 0.493 e. The van der Waals surface area contributed by atoms with Crippen molar-refractivity contribution in [2.24, 2.45) is 10.9 Å². The van der Waals surface area contributed by atoms with Crippen LogP contribution >= 0.6 is 11.8 Å². The van der Waals surface area contributed by atoms with E-state index < -0.39 is 0 Å². The highest BCUT2D eigenvalue weighted by Gasteiger charge is 2.13. The van der Waals surface area contributed by atoms with Crippen LogP contribution in [0.5, 0.6) is 5.75 Å². The average Bonchev–Trinajstić information content (AvgIpc) is 2.29. The van der Waals surface area contributed by atoms with Gasteiger partial charge in [-0.25, -0.2) is 0 Å². The van der Waals surface area contributed by atoms with E-state index >= 15 is 0 Å². The minimum absolute atomic E-state index is 0.0833. The van der Waals surface area contributed by atoms with Crippen LogP contribution in [0.15, 0.2) is 28.3 Å². The Morgan fingerprint density at radius 3 is 2.81 bits per heavy atom. The second-order valence-corrected chi connectivity index (χ2v) is 4.29. The maximum atomic E-state index is 8.77. The number of rotatable bonds is 5. The predicted molar refractivity (Wildman–Crippen MR) is 66.5 cm³/mol. The Morgan fingerprint density at radius 2 is 2.25 bits per heavy atom. The molecule has 1 rings (SSSR count). The number of thioether (sulfide) groups is 1. The van der Waals surface area contributed by atoms with E-state index in [1.165, 1.54) is 0 Å². The molecule has 1 aromatic rings.